The fraction of sp³-hybridized carbons (Fsp3) is 0.364. The smallest absolute Gasteiger partial charge is 0.272 e. The van der Waals surface area contributed by atoms with Gasteiger partial charge < -0.3 is 0 Å². The lowest BCUT2D eigenvalue weighted by molar-refractivity contribution is 0.0536. The molecule has 4 amide bonds. The number of hydrazine groups is 1. The zero-order chi connectivity index (χ0) is 20.9. The van der Waals surface area contributed by atoms with Gasteiger partial charge in [-0.15, -0.1) is 0 Å². The largest absolute Gasteiger partial charge is 0.275 e. The van der Waals surface area contributed by atoms with Crippen LogP contribution in [0.3, 0.4) is 0 Å². The predicted octanol–water partition coefficient (Wildman–Crippen LogP) is 3.26. The van der Waals surface area contributed by atoms with Crippen LogP contribution in [-0.2, 0) is 0 Å². The van der Waals surface area contributed by atoms with Gasteiger partial charge in [0.25, 0.3) is 23.6 Å². The Morgan fingerprint density at radius 2 is 1.21 bits per heavy atom. The summed E-state index contributed by atoms with van der Waals surface area (Å²) in [6.45, 7) is 4.02. The van der Waals surface area contributed by atoms with Crippen LogP contribution in [0.25, 0.3) is 10.8 Å². The number of benzene rings is 2. The average molecular weight is 393 g/mol. The first-order chi connectivity index (χ1) is 13.9. The maximum atomic E-state index is 13.2. The van der Waals surface area contributed by atoms with Gasteiger partial charge in [-0.2, -0.15) is 0 Å². The minimum atomic E-state index is -0.641. The quantitative estimate of drug-likeness (QED) is 0.351. The summed E-state index contributed by atoms with van der Waals surface area (Å²) in [4.78, 5) is 52.6. The van der Waals surface area contributed by atoms with Gasteiger partial charge >= 0.3 is 0 Å². The van der Waals surface area contributed by atoms with E-state index in [4.69, 9.17) is 5.84 Å². The minimum Gasteiger partial charge on any atom is -0.272 e. The lowest BCUT2D eigenvalue weighted by Gasteiger charge is -2.33. The van der Waals surface area contributed by atoms with Crippen LogP contribution in [0.2, 0.25) is 0 Å². The third kappa shape index (κ3) is 2.76. The first-order valence-corrected chi connectivity index (χ1v) is 9.99. The highest BCUT2D eigenvalue weighted by Crippen LogP contribution is 2.38. The zero-order valence-electron chi connectivity index (χ0n) is 16.5. The molecule has 1 atom stereocenters. The van der Waals surface area contributed by atoms with E-state index < -0.39 is 11.8 Å². The summed E-state index contributed by atoms with van der Waals surface area (Å²) in [5.41, 5.74) is 1.13. The first-order valence-electron chi connectivity index (χ1n) is 9.99. The molecule has 7 heteroatoms. The summed E-state index contributed by atoms with van der Waals surface area (Å²) in [7, 11) is 0. The summed E-state index contributed by atoms with van der Waals surface area (Å²) in [6, 6.07) is 5.90. The molecule has 0 aromatic heterocycles. The van der Waals surface area contributed by atoms with E-state index in [1.54, 1.807) is 12.1 Å². The highest BCUT2D eigenvalue weighted by atomic mass is 16.2. The van der Waals surface area contributed by atoms with Gasteiger partial charge in [0.1, 0.15) is 0 Å². The molecule has 2 aliphatic rings. The molecule has 0 spiro atoms. The van der Waals surface area contributed by atoms with Gasteiger partial charge in [-0.3, -0.25) is 24.1 Å². The Hall–Kier alpha value is -3.06. The Morgan fingerprint density at radius 3 is 1.66 bits per heavy atom. The van der Waals surface area contributed by atoms with E-state index >= 15 is 0 Å². The van der Waals surface area contributed by atoms with Crippen LogP contribution in [-0.4, -0.2) is 39.6 Å². The van der Waals surface area contributed by atoms with Gasteiger partial charge in [0.2, 0.25) is 0 Å². The number of unbranched alkanes of at least 4 members (excludes halogenated alkanes) is 3. The number of carbonyl (C=O) groups excluding carboxylic acids is 4. The summed E-state index contributed by atoms with van der Waals surface area (Å²) < 4.78 is 0. The second kappa shape index (κ2) is 7.08. The highest BCUT2D eigenvalue weighted by molar-refractivity contribution is 6.33. The fourth-order valence-electron chi connectivity index (χ4n) is 4.31. The minimum absolute atomic E-state index is 0.226. The normalized spacial score (nSPS) is 16.8. The molecule has 0 bridgehead atoms. The number of hydrogen-bond acceptors (Lipinski definition) is 5. The van der Waals surface area contributed by atoms with Crippen LogP contribution in [0.1, 0.15) is 87.4 Å². The molecule has 1 unspecified atom stereocenters. The lowest BCUT2D eigenvalue weighted by atomic mass is 9.86. The number of hydrogen-bond donors (Lipinski definition) is 1. The van der Waals surface area contributed by atoms with Gasteiger partial charge in [-0.05, 0) is 37.6 Å². The van der Waals surface area contributed by atoms with E-state index in [-0.39, 0.29) is 29.0 Å². The van der Waals surface area contributed by atoms with Crippen molar-refractivity contribution in [2.24, 2.45) is 5.84 Å². The molecular formula is C22H23N3O4. The summed E-state index contributed by atoms with van der Waals surface area (Å²) in [6.07, 6.45) is 5.00. The third-order valence-corrected chi connectivity index (χ3v) is 5.87. The number of rotatable bonds is 6. The Bertz CT molecular complexity index is 1000. The van der Waals surface area contributed by atoms with Crippen molar-refractivity contribution in [3.63, 3.8) is 0 Å². The van der Waals surface area contributed by atoms with Crippen molar-refractivity contribution in [2.75, 3.05) is 0 Å². The highest BCUT2D eigenvalue weighted by Gasteiger charge is 2.40. The topological polar surface area (TPSA) is 101 Å². The van der Waals surface area contributed by atoms with Gasteiger partial charge in [0.15, 0.2) is 0 Å². The van der Waals surface area contributed by atoms with Crippen LogP contribution in [0.15, 0.2) is 24.3 Å². The second-order valence-corrected chi connectivity index (χ2v) is 7.73. The molecule has 150 valence electrons. The van der Waals surface area contributed by atoms with E-state index in [1.165, 1.54) is 17.0 Å². The number of imide groups is 2. The maximum Gasteiger partial charge on any atom is 0.275 e. The van der Waals surface area contributed by atoms with Crippen LogP contribution < -0.4 is 5.84 Å². The van der Waals surface area contributed by atoms with Crippen molar-refractivity contribution in [1.29, 1.82) is 0 Å². The van der Waals surface area contributed by atoms with Crippen molar-refractivity contribution in [2.45, 2.75) is 52.0 Å². The summed E-state index contributed by atoms with van der Waals surface area (Å²) >= 11 is 0. The van der Waals surface area contributed by atoms with E-state index in [2.05, 4.69) is 6.92 Å². The molecule has 2 N–H and O–H groups in total. The van der Waals surface area contributed by atoms with Crippen LogP contribution in [0, 0.1) is 0 Å². The average Bonchev–Trinajstić information content (AvgIpc) is 2.72. The number of amides is 4. The van der Waals surface area contributed by atoms with Crippen molar-refractivity contribution in [3.8, 4) is 0 Å². The van der Waals surface area contributed by atoms with Crippen molar-refractivity contribution >= 4 is 34.4 Å². The molecule has 0 fully saturated rings. The Labute approximate surface area is 168 Å². The Kier molecular flexibility index (Phi) is 4.70. The predicted molar refractivity (Wildman–Crippen MR) is 107 cm³/mol. The van der Waals surface area contributed by atoms with E-state index in [0.29, 0.717) is 26.9 Å². The number of nitrogens with zero attached hydrogens (tertiary/aromatic N) is 2. The van der Waals surface area contributed by atoms with Crippen LogP contribution >= 0.6 is 0 Å². The van der Waals surface area contributed by atoms with Gasteiger partial charge in [0.05, 0.1) is 11.1 Å². The molecule has 2 aliphatic heterocycles. The monoisotopic (exact) mass is 393 g/mol. The van der Waals surface area contributed by atoms with Crippen molar-refractivity contribution in [3.05, 3.63) is 46.5 Å². The van der Waals surface area contributed by atoms with Crippen molar-refractivity contribution in [1.82, 2.24) is 9.91 Å². The number of nitrogens with two attached hydrogens (primary N) is 1. The Morgan fingerprint density at radius 1 is 0.759 bits per heavy atom. The molecule has 2 aromatic carbocycles. The van der Waals surface area contributed by atoms with Crippen molar-refractivity contribution < 1.29 is 19.2 Å². The molecule has 2 aromatic rings. The third-order valence-electron chi connectivity index (χ3n) is 5.87. The molecule has 0 aliphatic carbocycles. The van der Waals surface area contributed by atoms with Gasteiger partial charge in [0, 0.05) is 27.9 Å². The molecule has 2 heterocycles. The maximum absolute atomic E-state index is 13.2. The van der Waals surface area contributed by atoms with Gasteiger partial charge in [-0.1, -0.05) is 32.6 Å². The lowest BCUT2D eigenvalue weighted by Crippen LogP contribution is -2.48. The van der Waals surface area contributed by atoms with Crippen LogP contribution in [0.5, 0.6) is 0 Å². The zero-order valence-corrected chi connectivity index (χ0v) is 16.5. The summed E-state index contributed by atoms with van der Waals surface area (Å²) in [5, 5.41) is 1.28. The standard InChI is InChI=1S/C22H23N3O4/c1-3-4-5-6-7-12(2)24-19(26)13-8-10-15-18-16(22(29)25(23)21(15)28)11-9-14(17(13)18)20(24)27/h8-12H,3-7,23H2,1-2H3. The molecule has 7 nitrogen and oxygen atoms in total. The molecular weight excluding hydrogens is 370 g/mol. The van der Waals surface area contributed by atoms with Gasteiger partial charge in [-0.25, -0.2) is 10.9 Å². The first kappa shape index (κ1) is 19.3. The number of carbonyl (C=O) groups is 4. The van der Waals surface area contributed by atoms with E-state index in [0.717, 1.165) is 32.1 Å². The van der Waals surface area contributed by atoms with E-state index in [1.807, 2.05) is 6.92 Å². The molecule has 0 radical (unpaired) electrons. The molecule has 0 saturated carbocycles. The molecule has 4 rings (SSSR count). The second-order valence-electron chi connectivity index (χ2n) is 7.73. The summed E-state index contributed by atoms with van der Waals surface area (Å²) in [5.74, 6) is 3.56. The molecule has 29 heavy (non-hydrogen) atoms. The Balaban J connectivity index is 1.80. The van der Waals surface area contributed by atoms with E-state index in [9.17, 15) is 19.2 Å². The molecule has 0 saturated heterocycles. The SMILES string of the molecule is CCCCCCC(C)N1C(=O)c2ccc3c4c(ccc(c24)C1=O)C(=O)N(N)C3=O. The van der Waals surface area contributed by atoms with Crippen LogP contribution in [0.4, 0.5) is 0 Å². The fourth-order valence-corrected chi connectivity index (χ4v) is 4.31.